The van der Waals surface area contributed by atoms with Crippen molar-refractivity contribution in [2.45, 2.75) is 59.0 Å². The highest BCUT2D eigenvalue weighted by molar-refractivity contribution is 6.01. The summed E-state index contributed by atoms with van der Waals surface area (Å²) in [6, 6.07) is 0. The van der Waals surface area contributed by atoms with Gasteiger partial charge in [-0.2, -0.15) is 0 Å². The molecule has 4 aliphatic rings. The first-order valence-corrected chi connectivity index (χ1v) is 10.6. The second kappa shape index (κ2) is 6.49. The van der Waals surface area contributed by atoms with Crippen LogP contribution in [0.4, 0.5) is 0 Å². The predicted molar refractivity (Wildman–Crippen MR) is 108 cm³/mol. The smallest absolute Gasteiger partial charge is 0.303 e. The van der Waals surface area contributed by atoms with Crippen molar-refractivity contribution in [1.29, 1.82) is 0 Å². The van der Waals surface area contributed by atoms with Gasteiger partial charge in [-0.05, 0) is 62.5 Å². The fraction of sp³-hybridized carbons (Fsp3) is 0.625. The van der Waals surface area contributed by atoms with Gasteiger partial charge in [0.1, 0.15) is 5.60 Å². The minimum atomic E-state index is -1.51. The highest BCUT2D eigenvalue weighted by atomic mass is 16.5. The Bertz CT molecular complexity index is 880. The van der Waals surface area contributed by atoms with Crippen molar-refractivity contribution in [3.8, 4) is 0 Å². The van der Waals surface area contributed by atoms with Crippen molar-refractivity contribution in [2.24, 2.45) is 28.6 Å². The summed E-state index contributed by atoms with van der Waals surface area (Å²) in [6.07, 6.45) is 10.8. The van der Waals surface area contributed by atoms with E-state index in [2.05, 4.69) is 13.0 Å². The average molecular weight is 398 g/mol. The van der Waals surface area contributed by atoms with E-state index in [4.69, 9.17) is 4.74 Å². The molecule has 0 aromatic rings. The van der Waals surface area contributed by atoms with Crippen LogP contribution in [-0.4, -0.2) is 34.9 Å². The molecule has 0 aromatic carbocycles. The summed E-state index contributed by atoms with van der Waals surface area (Å²) in [5.41, 5.74) is 0.145. The zero-order valence-electron chi connectivity index (χ0n) is 17.7. The molecular weight excluding hydrogens is 368 g/mol. The van der Waals surface area contributed by atoms with Crippen molar-refractivity contribution >= 4 is 17.5 Å². The van der Waals surface area contributed by atoms with Gasteiger partial charge >= 0.3 is 5.97 Å². The van der Waals surface area contributed by atoms with Gasteiger partial charge in [0.15, 0.2) is 12.4 Å². The molecule has 4 rings (SSSR count). The van der Waals surface area contributed by atoms with Crippen LogP contribution < -0.4 is 0 Å². The molecule has 2 fully saturated rings. The highest BCUT2D eigenvalue weighted by Gasteiger charge is 2.67. The van der Waals surface area contributed by atoms with Gasteiger partial charge in [0, 0.05) is 17.8 Å². The van der Waals surface area contributed by atoms with Crippen LogP contribution in [0.2, 0.25) is 0 Å². The van der Waals surface area contributed by atoms with Crippen LogP contribution >= 0.6 is 0 Å². The lowest BCUT2D eigenvalue weighted by Gasteiger charge is -2.53. The largest absolute Gasteiger partial charge is 0.458 e. The lowest BCUT2D eigenvalue weighted by atomic mass is 9.51. The van der Waals surface area contributed by atoms with E-state index in [1.165, 1.54) is 18.1 Å². The molecule has 0 saturated heterocycles. The Balaban J connectivity index is 1.71. The van der Waals surface area contributed by atoms with E-state index in [9.17, 15) is 19.5 Å². The van der Waals surface area contributed by atoms with E-state index in [0.29, 0.717) is 6.42 Å². The number of Topliss-reactive ketones (excluding diaryl/α,β-unsaturated/α-hetero) is 1. The molecule has 0 radical (unpaired) electrons. The number of esters is 1. The lowest BCUT2D eigenvalue weighted by Crippen LogP contribution is -2.57. The quantitative estimate of drug-likeness (QED) is 0.583. The maximum absolute atomic E-state index is 13.0. The lowest BCUT2D eigenvalue weighted by molar-refractivity contribution is -0.167. The van der Waals surface area contributed by atoms with E-state index < -0.39 is 22.8 Å². The molecule has 0 bridgehead atoms. The Hall–Kier alpha value is -2.01. The van der Waals surface area contributed by atoms with Crippen LogP contribution in [0, 0.1) is 28.6 Å². The Morgan fingerprint density at radius 2 is 2.03 bits per heavy atom. The normalized spacial score (nSPS) is 42.9. The summed E-state index contributed by atoms with van der Waals surface area (Å²) < 4.78 is 4.95. The van der Waals surface area contributed by atoms with Gasteiger partial charge in [0.2, 0.25) is 5.78 Å². The van der Waals surface area contributed by atoms with E-state index in [-0.39, 0.29) is 35.6 Å². The van der Waals surface area contributed by atoms with Crippen molar-refractivity contribution in [2.75, 3.05) is 6.61 Å². The summed E-state index contributed by atoms with van der Waals surface area (Å²) in [6.45, 7) is 7.03. The van der Waals surface area contributed by atoms with Crippen molar-refractivity contribution in [3.05, 3.63) is 35.5 Å². The molecule has 5 nitrogen and oxygen atoms in total. The third-order valence-corrected chi connectivity index (χ3v) is 8.36. The van der Waals surface area contributed by atoms with Gasteiger partial charge in [-0.15, -0.1) is 0 Å². The monoisotopic (exact) mass is 398 g/mol. The Morgan fingerprint density at radius 3 is 2.72 bits per heavy atom. The van der Waals surface area contributed by atoms with Gasteiger partial charge in [-0.1, -0.05) is 37.1 Å². The van der Waals surface area contributed by atoms with Crippen molar-refractivity contribution < 1.29 is 24.2 Å². The van der Waals surface area contributed by atoms with Crippen molar-refractivity contribution in [1.82, 2.24) is 0 Å². The molecule has 0 aliphatic heterocycles. The first-order chi connectivity index (χ1) is 13.5. The van der Waals surface area contributed by atoms with Gasteiger partial charge < -0.3 is 9.84 Å². The molecule has 0 amide bonds. The number of fused-ring (bicyclic) bond motifs is 5. The number of carbonyl (C=O) groups excluding carboxylic acids is 3. The maximum atomic E-state index is 13.0. The number of hydrogen-bond acceptors (Lipinski definition) is 5. The summed E-state index contributed by atoms with van der Waals surface area (Å²) >= 11 is 0. The van der Waals surface area contributed by atoms with Crippen LogP contribution in [0.1, 0.15) is 53.4 Å². The molecular formula is C24H30O5. The van der Waals surface area contributed by atoms with Crippen LogP contribution in [0.25, 0.3) is 0 Å². The molecule has 0 unspecified atom stereocenters. The van der Waals surface area contributed by atoms with Crippen LogP contribution in [-0.2, 0) is 19.1 Å². The van der Waals surface area contributed by atoms with E-state index in [1.807, 2.05) is 19.9 Å². The Kier molecular flexibility index (Phi) is 4.54. The fourth-order valence-corrected chi connectivity index (χ4v) is 6.74. The summed E-state index contributed by atoms with van der Waals surface area (Å²) in [4.78, 5) is 36.1. The first kappa shape index (κ1) is 20.3. The third kappa shape index (κ3) is 2.66. The number of carbonyl (C=O) groups is 3. The second-order valence-corrected chi connectivity index (χ2v) is 9.75. The number of rotatable bonds is 3. The van der Waals surface area contributed by atoms with E-state index in [1.54, 1.807) is 12.2 Å². The molecule has 1 N–H and O–H groups in total. The molecule has 2 saturated carbocycles. The molecule has 4 aliphatic carbocycles. The number of ether oxygens (including phenoxy) is 1. The van der Waals surface area contributed by atoms with E-state index in [0.717, 1.165) is 19.3 Å². The number of ketones is 2. The second-order valence-electron chi connectivity index (χ2n) is 9.75. The highest BCUT2D eigenvalue weighted by Crippen LogP contribution is 2.66. The Morgan fingerprint density at radius 1 is 1.31 bits per heavy atom. The number of allylic oxidation sites excluding steroid dienone is 6. The minimum absolute atomic E-state index is 0.0529. The molecule has 6 atom stereocenters. The topological polar surface area (TPSA) is 80.7 Å². The van der Waals surface area contributed by atoms with Gasteiger partial charge in [0.25, 0.3) is 0 Å². The zero-order chi connectivity index (χ0) is 21.2. The average Bonchev–Trinajstić information content (AvgIpc) is 2.88. The maximum Gasteiger partial charge on any atom is 0.303 e. The number of aliphatic hydroxyl groups is 1. The van der Waals surface area contributed by atoms with E-state index >= 15 is 0 Å². The first-order valence-electron chi connectivity index (χ1n) is 10.6. The molecule has 0 heterocycles. The fourth-order valence-electron chi connectivity index (χ4n) is 6.74. The predicted octanol–water partition coefficient (Wildman–Crippen LogP) is 3.32. The van der Waals surface area contributed by atoms with Gasteiger partial charge in [0.05, 0.1) is 0 Å². The van der Waals surface area contributed by atoms with Crippen LogP contribution in [0.5, 0.6) is 0 Å². The molecule has 156 valence electrons. The molecule has 0 aromatic heterocycles. The molecule has 29 heavy (non-hydrogen) atoms. The minimum Gasteiger partial charge on any atom is -0.458 e. The Labute approximate surface area is 171 Å². The van der Waals surface area contributed by atoms with Crippen molar-refractivity contribution in [3.63, 3.8) is 0 Å². The van der Waals surface area contributed by atoms with Crippen LogP contribution in [0.15, 0.2) is 35.5 Å². The standard InChI is InChI=1S/C24H30O5/c1-14-11-20-18-6-5-16-12-17(26)7-9-22(16,3)19(18)8-10-23(20,4)24(14,28)21(27)13-29-15(2)25/h7-9,12,14,18,20,28H,5-6,10-11,13H2,1-4H3/t14-,18+,20+,22+,23+,24-/m0/s1. The summed E-state index contributed by atoms with van der Waals surface area (Å²) in [5.74, 6) is -0.621. The zero-order valence-corrected chi connectivity index (χ0v) is 17.7. The summed E-state index contributed by atoms with van der Waals surface area (Å²) in [5, 5.41) is 11.7. The summed E-state index contributed by atoms with van der Waals surface area (Å²) in [7, 11) is 0. The number of hydrogen-bond donors (Lipinski definition) is 1. The molecule has 0 spiro atoms. The van der Waals surface area contributed by atoms with Gasteiger partial charge in [-0.25, -0.2) is 0 Å². The third-order valence-electron chi connectivity index (χ3n) is 8.36. The SMILES string of the molecule is CC(=O)OCC(=O)[C@@]1(O)[C@@H](C)C[C@@H]2[C@@H]3CCC4=CC(=O)C=C[C@@]4(C)C3=CC[C@]21C. The van der Waals surface area contributed by atoms with Crippen LogP contribution in [0.3, 0.4) is 0 Å². The molecule has 5 heteroatoms. The van der Waals surface area contributed by atoms with Gasteiger partial charge in [-0.3, -0.25) is 14.4 Å².